The lowest BCUT2D eigenvalue weighted by molar-refractivity contribution is -0.122. The average molecular weight is 325 g/mol. The van der Waals surface area contributed by atoms with Crippen LogP contribution in [0, 0.1) is 5.92 Å². The first-order valence-corrected chi connectivity index (χ1v) is 7.35. The number of carbonyl (C=O) groups is 1. The Morgan fingerprint density at radius 2 is 2.14 bits per heavy atom. The van der Waals surface area contributed by atoms with Crippen LogP contribution in [0.3, 0.4) is 0 Å². The highest BCUT2D eigenvalue weighted by Gasteiger charge is 2.31. The summed E-state index contributed by atoms with van der Waals surface area (Å²) in [6.45, 7) is 0. The van der Waals surface area contributed by atoms with Gasteiger partial charge in [0.15, 0.2) is 0 Å². The molecule has 1 aromatic carbocycles. The van der Waals surface area contributed by atoms with E-state index in [9.17, 15) is 4.79 Å². The Balaban J connectivity index is 1.73. The van der Waals surface area contributed by atoms with E-state index in [4.69, 9.17) is 28.9 Å². The van der Waals surface area contributed by atoms with Crippen molar-refractivity contribution in [2.45, 2.75) is 18.9 Å². The molecule has 2 aromatic rings. The maximum atomic E-state index is 12.0. The number of benzene rings is 1. The zero-order valence-corrected chi connectivity index (χ0v) is 12.6. The van der Waals surface area contributed by atoms with Crippen LogP contribution in [0.5, 0.6) is 0 Å². The van der Waals surface area contributed by atoms with Gasteiger partial charge >= 0.3 is 0 Å². The maximum Gasteiger partial charge on any atom is 0.227 e. The predicted molar refractivity (Wildman–Crippen MR) is 82.9 cm³/mol. The van der Waals surface area contributed by atoms with Gasteiger partial charge in [-0.2, -0.15) is 5.10 Å². The van der Waals surface area contributed by atoms with Gasteiger partial charge in [0.2, 0.25) is 5.91 Å². The average Bonchev–Trinajstić information content (AvgIpc) is 2.81. The third-order valence-corrected chi connectivity index (χ3v) is 4.06. The quantitative estimate of drug-likeness (QED) is 0.911. The molecule has 0 radical (unpaired) electrons. The Kier molecular flexibility index (Phi) is 3.89. The summed E-state index contributed by atoms with van der Waals surface area (Å²) >= 11 is 12.1. The van der Waals surface area contributed by atoms with Crippen LogP contribution in [0.4, 0.5) is 5.69 Å². The number of nitrogens with two attached hydrogens (primary N) is 1. The first-order valence-electron chi connectivity index (χ1n) is 6.59. The van der Waals surface area contributed by atoms with Gasteiger partial charge in [-0.3, -0.25) is 4.79 Å². The number of nitrogens with one attached hydrogen (secondary N) is 1. The lowest BCUT2D eigenvalue weighted by atomic mass is 9.80. The molecule has 1 amide bonds. The van der Waals surface area contributed by atoms with Gasteiger partial charge in [-0.05, 0) is 31.0 Å². The molecule has 1 saturated carbocycles. The third kappa shape index (κ3) is 3.05. The van der Waals surface area contributed by atoms with Gasteiger partial charge in [0.05, 0.1) is 21.9 Å². The van der Waals surface area contributed by atoms with Crippen molar-refractivity contribution in [3.8, 4) is 5.69 Å². The number of amides is 1. The van der Waals surface area contributed by atoms with Gasteiger partial charge in [-0.25, -0.2) is 4.68 Å². The Labute approximate surface area is 132 Å². The molecule has 1 aliphatic carbocycles. The fourth-order valence-corrected chi connectivity index (χ4v) is 2.73. The molecule has 0 atom stereocenters. The van der Waals surface area contributed by atoms with Crippen molar-refractivity contribution < 1.29 is 4.79 Å². The number of anilines is 1. The molecule has 0 saturated heterocycles. The highest BCUT2D eigenvalue weighted by molar-refractivity contribution is 6.33. The zero-order chi connectivity index (χ0) is 15.0. The lowest BCUT2D eigenvalue weighted by Crippen LogP contribution is -2.42. The summed E-state index contributed by atoms with van der Waals surface area (Å²) < 4.78 is 1.58. The Morgan fingerprint density at radius 1 is 1.38 bits per heavy atom. The van der Waals surface area contributed by atoms with E-state index in [-0.39, 0.29) is 17.9 Å². The van der Waals surface area contributed by atoms with Crippen molar-refractivity contribution in [1.29, 1.82) is 0 Å². The molecule has 0 bridgehead atoms. The molecule has 1 aliphatic rings. The van der Waals surface area contributed by atoms with Gasteiger partial charge < -0.3 is 11.1 Å². The normalized spacial score (nSPS) is 20.9. The lowest BCUT2D eigenvalue weighted by Gasteiger charge is -2.31. The standard InChI is InChI=1S/C14H14Cl2N4O/c15-9-6-18-20(7-9)13-2-1-11(5-12(13)16)19-14(21)8-3-10(17)4-8/h1-2,5-8,10H,3-4,17H2,(H,19,21). The molecule has 3 N–H and O–H groups in total. The molecule has 1 fully saturated rings. The van der Waals surface area contributed by atoms with Crippen molar-refractivity contribution in [3.63, 3.8) is 0 Å². The SMILES string of the molecule is NC1CC(C(=O)Nc2ccc(-n3cc(Cl)cn3)c(Cl)c2)C1. The van der Waals surface area contributed by atoms with Crippen molar-refractivity contribution in [1.82, 2.24) is 9.78 Å². The van der Waals surface area contributed by atoms with Crippen molar-refractivity contribution >= 4 is 34.8 Å². The van der Waals surface area contributed by atoms with Crippen LogP contribution in [-0.2, 0) is 4.79 Å². The van der Waals surface area contributed by atoms with E-state index in [0.29, 0.717) is 21.4 Å². The maximum absolute atomic E-state index is 12.0. The van der Waals surface area contributed by atoms with E-state index in [1.807, 2.05) is 0 Å². The Bertz CT molecular complexity index is 679. The minimum Gasteiger partial charge on any atom is -0.328 e. The summed E-state index contributed by atoms with van der Waals surface area (Å²) in [6, 6.07) is 5.42. The molecular formula is C14H14Cl2N4O. The molecule has 0 unspecified atom stereocenters. The second-order valence-electron chi connectivity index (χ2n) is 5.19. The van der Waals surface area contributed by atoms with E-state index in [0.717, 1.165) is 12.8 Å². The van der Waals surface area contributed by atoms with E-state index >= 15 is 0 Å². The number of halogens is 2. The molecule has 0 aliphatic heterocycles. The molecule has 1 heterocycles. The first-order chi connectivity index (χ1) is 10.0. The van der Waals surface area contributed by atoms with Crippen LogP contribution >= 0.6 is 23.2 Å². The minimum absolute atomic E-state index is 0.00312. The second-order valence-corrected chi connectivity index (χ2v) is 6.03. The highest BCUT2D eigenvalue weighted by Crippen LogP contribution is 2.29. The number of hydrogen-bond donors (Lipinski definition) is 2. The van der Waals surface area contributed by atoms with Gasteiger partial charge in [0.1, 0.15) is 0 Å². The van der Waals surface area contributed by atoms with Crippen LogP contribution in [-0.4, -0.2) is 21.7 Å². The van der Waals surface area contributed by atoms with Gasteiger partial charge in [-0.1, -0.05) is 23.2 Å². The number of aromatic nitrogens is 2. The number of rotatable bonds is 3. The molecule has 3 rings (SSSR count). The highest BCUT2D eigenvalue weighted by atomic mass is 35.5. The fourth-order valence-electron chi connectivity index (χ4n) is 2.32. The molecule has 110 valence electrons. The summed E-state index contributed by atoms with van der Waals surface area (Å²) in [4.78, 5) is 12.0. The van der Waals surface area contributed by atoms with Crippen LogP contribution in [0.1, 0.15) is 12.8 Å². The number of hydrogen-bond acceptors (Lipinski definition) is 3. The van der Waals surface area contributed by atoms with Gasteiger partial charge in [-0.15, -0.1) is 0 Å². The third-order valence-electron chi connectivity index (χ3n) is 3.56. The van der Waals surface area contributed by atoms with Crippen LogP contribution < -0.4 is 11.1 Å². The van der Waals surface area contributed by atoms with Crippen molar-refractivity contribution in [2.75, 3.05) is 5.32 Å². The summed E-state index contributed by atoms with van der Waals surface area (Å²) in [5.41, 5.74) is 7.05. The molecular weight excluding hydrogens is 311 g/mol. The molecule has 5 nitrogen and oxygen atoms in total. The molecule has 0 spiro atoms. The molecule has 1 aromatic heterocycles. The number of carbonyl (C=O) groups excluding carboxylic acids is 1. The Morgan fingerprint density at radius 3 is 2.71 bits per heavy atom. The van der Waals surface area contributed by atoms with E-state index in [1.165, 1.54) is 6.20 Å². The monoisotopic (exact) mass is 324 g/mol. The minimum atomic E-state index is -0.0114. The van der Waals surface area contributed by atoms with E-state index in [2.05, 4.69) is 10.4 Å². The van der Waals surface area contributed by atoms with Gasteiger partial charge in [0.25, 0.3) is 0 Å². The Hall–Kier alpha value is -1.56. The topological polar surface area (TPSA) is 72.9 Å². The largest absolute Gasteiger partial charge is 0.328 e. The van der Waals surface area contributed by atoms with Crippen LogP contribution in [0.15, 0.2) is 30.6 Å². The van der Waals surface area contributed by atoms with Gasteiger partial charge in [0, 0.05) is 23.8 Å². The zero-order valence-electron chi connectivity index (χ0n) is 11.1. The second kappa shape index (κ2) is 5.67. The van der Waals surface area contributed by atoms with E-state index < -0.39 is 0 Å². The fraction of sp³-hybridized carbons (Fsp3) is 0.286. The summed E-state index contributed by atoms with van der Waals surface area (Å²) in [7, 11) is 0. The first kappa shape index (κ1) is 14.4. The van der Waals surface area contributed by atoms with Crippen LogP contribution in [0.2, 0.25) is 10.0 Å². The van der Waals surface area contributed by atoms with Crippen molar-refractivity contribution in [3.05, 3.63) is 40.6 Å². The molecule has 7 heteroatoms. The molecule has 21 heavy (non-hydrogen) atoms. The summed E-state index contributed by atoms with van der Waals surface area (Å²) in [5.74, 6) is -0.00831. The number of nitrogens with zero attached hydrogens (tertiary/aromatic N) is 2. The van der Waals surface area contributed by atoms with Crippen LogP contribution in [0.25, 0.3) is 5.69 Å². The predicted octanol–water partition coefficient (Wildman–Crippen LogP) is 2.85. The van der Waals surface area contributed by atoms with Crippen molar-refractivity contribution in [2.24, 2.45) is 11.7 Å². The summed E-state index contributed by atoms with van der Waals surface area (Å²) in [5, 5.41) is 7.97. The smallest absolute Gasteiger partial charge is 0.227 e. The summed E-state index contributed by atoms with van der Waals surface area (Å²) in [6.07, 6.45) is 4.68. The van der Waals surface area contributed by atoms with E-state index in [1.54, 1.807) is 29.1 Å².